The lowest BCUT2D eigenvalue weighted by Crippen LogP contribution is -2.51. The molecule has 2 fully saturated rings. The van der Waals surface area contributed by atoms with E-state index < -0.39 is 21.3 Å². The van der Waals surface area contributed by atoms with Crippen LogP contribution in [0.4, 0.5) is 8.78 Å². The molecular weight excluding hydrogens is 476 g/mol. The molecule has 0 unspecified atom stereocenters. The third-order valence-corrected chi connectivity index (χ3v) is 8.91. The second-order valence-electron chi connectivity index (χ2n) is 9.44. The van der Waals surface area contributed by atoms with Crippen molar-refractivity contribution >= 4 is 15.9 Å². The number of halogens is 2. The van der Waals surface area contributed by atoms with Crippen LogP contribution in [0.1, 0.15) is 19.3 Å². The minimum Gasteiger partial charge on any atom is -0.493 e. The van der Waals surface area contributed by atoms with Gasteiger partial charge in [-0.15, -0.1) is 0 Å². The van der Waals surface area contributed by atoms with Crippen molar-refractivity contribution in [2.24, 2.45) is 5.41 Å². The summed E-state index contributed by atoms with van der Waals surface area (Å²) in [7, 11) is -1.98. The molecule has 2 heterocycles. The summed E-state index contributed by atoms with van der Waals surface area (Å²) < 4.78 is 60.9. The average molecular weight is 508 g/mol. The van der Waals surface area contributed by atoms with Crippen LogP contribution in [0.3, 0.4) is 0 Å². The van der Waals surface area contributed by atoms with Crippen molar-refractivity contribution in [2.45, 2.75) is 24.2 Å². The van der Waals surface area contributed by atoms with Gasteiger partial charge in [0.25, 0.3) is 0 Å². The van der Waals surface area contributed by atoms with Gasteiger partial charge in [-0.25, -0.2) is 17.2 Å². The van der Waals surface area contributed by atoms with Crippen LogP contribution in [-0.2, 0) is 14.8 Å². The number of ether oxygens (including phenoxy) is 1. The summed E-state index contributed by atoms with van der Waals surface area (Å²) in [6.07, 6.45) is 1.01. The van der Waals surface area contributed by atoms with E-state index in [4.69, 9.17) is 4.74 Å². The third kappa shape index (κ3) is 5.99. The number of carbonyl (C=O) groups excluding carboxylic acids is 1. The molecule has 1 amide bonds. The van der Waals surface area contributed by atoms with Crippen LogP contribution >= 0.6 is 0 Å². The molecule has 10 heteroatoms. The summed E-state index contributed by atoms with van der Waals surface area (Å²) in [6, 6.07) is 11.0. The number of carbonyl (C=O) groups is 1. The molecule has 4 rings (SSSR count). The summed E-state index contributed by atoms with van der Waals surface area (Å²) in [5.41, 5.74) is -0.587. The number of amides is 1. The van der Waals surface area contributed by atoms with Crippen LogP contribution in [-0.4, -0.2) is 81.4 Å². The molecular formula is C25H31F2N3O4S. The lowest BCUT2D eigenvalue weighted by atomic mass is 9.76. The van der Waals surface area contributed by atoms with E-state index in [-0.39, 0.29) is 42.7 Å². The molecule has 0 aliphatic carbocycles. The summed E-state index contributed by atoms with van der Waals surface area (Å²) in [5.74, 6) is -0.649. The fourth-order valence-electron chi connectivity index (χ4n) is 4.62. The van der Waals surface area contributed by atoms with E-state index in [1.165, 1.54) is 46.8 Å². The Kier molecular flexibility index (Phi) is 7.73. The molecule has 0 saturated carbocycles. The van der Waals surface area contributed by atoms with E-state index in [0.717, 1.165) is 19.2 Å². The molecule has 2 aliphatic heterocycles. The quantitative estimate of drug-likeness (QED) is 0.577. The molecule has 0 atom stereocenters. The van der Waals surface area contributed by atoms with Gasteiger partial charge in [0.2, 0.25) is 15.9 Å². The lowest BCUT2D eigenvalue weighted by Gasteiger charge is -2.42. The van der Waals surface area contributed by atoms with Crippen molar-refractivity contribution < 1.29 is 26.7 Å². The number of hydrogen-bond donors (Lipinski definition) is 0. The van der Waals surface area contributed by atoms with E-state index in [2.05, 4.69) is 4.90 Å². The Labute approximate surface area is 205 Å². The first-order chi connectivity index (χ1) is 16.7. The number of likely N-dealkylation sites (N-methyl/N-ethyl adjacent to an activating group) is 1. The highest BCUT2D eigenvalue weighted by atomic mass is 32.2. The fourth-order valence-corrected chi connectivity index (χ4v) is 6.13. The highest BCUT2D eigenvalue weighted by Crippen LogP contribution is 2.38. The second kappa shape index (κ2) is 10.6. The number of nitrogens with zero attached hydrogens (tertiary/aromatic N) is 3. The second-order valence-corrected chi connectivity index (χ2v) is 11.3. The molecule has 2 aliphatic rings. The molecule has 35 heavy (non-hydrogen) atoms. The van der Waals surface area contributed by atoms with Gasteiger partial charge in [-0.1, -0.05) is 12.1 Å². The number of rotatable bonds is 7. The van der Waals surface area contributed by atoms with Gasteiger partial charge in [-0.3, -0.25) is 4.79 Å². The minimum atomic E-state index is -3.99. The Hall–Kier alpha value is -2.56. The number of hydrogen-bond acceptors (Lipinski definition) is 5. The van der Waals surface area contributed by atoms with Gasteiger partial charge in [0.15, 0.2) is 0 Å². The summed E-state index contributed by atoms with van der Waals surface area (Å²) in [5, 5.41) is 0. The molecule has 190 valence electrons. The largest absolute Gasteiger partial charge is 0.493 e. The zero-order valence-corrected chi connectivity index (χ0v) is 20.6. The maximum Gasteiger partial charge on any atom is 0.245 e. The van der Waals surface area contributed by atoms with Crippen molar-refractivity contribution in [2.75, 3.05) is 52.9 Å². The number of benzene rings is 2. The van der Waals surface area contributed by atoms with E-state index in [1.807, 2.05) is 11.9 Å². The van der Waals surface area contributed by atoms with E-state index in [9.17, 15) is 22.0 Å². The topological polar surface area (TPSA) is 70.2 Å². The normalized spacial score (nSPS) is 19.5. The van der Waals surface area contributed by atoms with Gasteiger partial charge in [-0.2, -0.15) is 4.31 Å². The lowest BCUT2D eigenvalue weighted by molar-refractivity contribution is -0.136. The van der Waals surface area contributed by atoms with Crippen molar-refractivity contribution in [1.82, 2.24) is 14.1 Å². The Morgan fingerprint density at radius 3 is 2.20 bits per heavy atom. The van der Waals surface area contributed by atoms with E-state index in [0.29, 0.717) is 31.7 Å². The molecule has 0 bridgehead atoms. The molecule has 0 N–H and O–H groups in total. The van der Waals surface area contributed by atoms with Crippen LogP contribution in [0.15, 0.2) is 53.4 Å². The SMILES string of the molecule is CN1CCN(C(=O)CC2(COc3ccc(F)cc3)CCN(S(=O)(=O)c3ccccc3F)CC2)CC1. The van der Waals surface area contributed by atoms with E-state index in [1.54, 1.807) is 0 Å². The van der Waals surface area contributed by atoms with Gasteiger partial charge < -0.3 is 14.5 Å². The molecule has 0 aromatic heterocycles. The van der Waals surface area contributed by atoms with Crippen molar-refractivity contribution in [3.8, 4) is 5.75 Å². The molecule has 2 saturated heterocycles. The molecule has 0 radical (unpaired) electrons. The van der Waals surface area contributed by atoms with Gasteiger partial charge in [0, 0.05) is 51.1 Å². The van der Waals surface area contributed by atoms with Gasteiger partial charge in [0.1, 0.15) is 22.3 Å². The molecule has 7 nitrogen and oxygen atoms in total. The van der Waals surface area contributed by atoms with Gasteiger partial charge >= 0.3 is 0 Å². The maximum absolute atomic E-state index is 14.2. The average Bonchev–Trinajstić information content (AvgIpc) is 2.84. The van der Waals surface area contributed by atoms with Gasteiger partial charge in [0.05, 0.1) is 6.61 Å². The molecule has 0 spiro atoms. The molecule has 2 aromatic carbocycles. The highest BCUT2D eigenvalue weighted by Gasteiger charge is 2.42. The first-order valence-electron chi connectivity index (χ1n) is 11.8. The van der Waals surface area contributed by atoms with Crippen molar-refractivity contribution in [3.05, 3.63) is 60.2 Å². The van der Waals surface area contributed by atoms with Gasteiger partial charge in [-0.05, 0) is 56.3 Å². The number of piperazine rings is 1. The van der Waals surface area contributed by atoms with Crippen LogP contribution in [0.2, 0.25) is 0 Å². The minimum absolute atomic E-state index is 0.0196. The standard InChI is InChI=1S/C25H31F2N3O4S/c1-28-14-16-29(17-15-28)24(31)18-25(19-34-21-8-6-20(26)7-9-21)10-12-30(13-11-25)35(32,33)23-5-3-2-4-22(23)27/h2-9H,10-19H2,1H3. The van der Waals surface area contributed by atoms with Crippen LogP contribution < -0.4 is 4.74 Å². The zero-order valence-electron chi connectivity index (χ0n) is 19.8. The summed E-state index contributed by atoms with van der Waals surface area (Å²) in [6.45, 7) is 3.42. The Bertz CT molecular complexity index is 1130. The predicted molar refractivity (Wildman–Crippen MR) is 127 cm³/mol. The maximum atomic E-state index is 14.2. The summed E-state index contributed by atoms with van der Waals surface area (Å²) in [4.78, 5) is 16.9. The van der Waals surface area contributed by atoms with Crippen LogP contribution in [0.25, 0.3) is 0 Å². The van der Waals surface area contributed by atoms with Crippen molar-refractivity contribution in [1.29, 1.82) is 0 Å². The highest BCUT2D eigenvalue weighted by molar-refractivity contribution is 7.89. The van der Waals surface area contributed by atoms with Crippen LogP contribution in [0.5, 0.6) is 5.75 Å². The first kappa shape index (κ1) is 25.5. The Balaban J connectivity index is 1.49. The third-order valence-electron chi connectivity index (χ3n) is 6.98. The predicted octanol–water partition coefficient (Wildman–Crippen LogP) is 2.98. The Morgan fingerprint density at radius 2 is 1.57 bits per heavy atom. The summed E-state index contributed by atoms with van der Waals surface area (Å²) >= 11 is 0. The monoisotopic (exact) mass is 507 g/mol. The Morgan fingerprint density at radius 1 is 0.943 bits per heavy atom. The zero-order chi connectivity index (χ0) is 25.1. The van der Waals surface area contributed by atoms with E-state index >= 15 is 0 Å². The first-order valence-corrected chi connectivity index (χ1v) is 13.2. The molecule has 2 aromatic rings. The number of piperidine rings is 1. The number of sulfonamides is 1. The van der Waals surface area contributed by atoms with Crippen LogP contribution in [0, 0.1) is 17.0 Å². The van der Waals surface area contributed by atoms with Crippen molar-refractivity contribution in [3.63, 3.8) is 0 Å². The fraction of sp³-hybridized carbons (Fsp3) is 0.480. The smallest absolute Gasteiger partial charge is 0.245 e.